The molecule has 1 aliphatic heterocycles. The zero-order chi connectivity index (χ0) is 14.8. The third kappa shape index (κ3) is 3.90. The zero-order valence-electron chi connectivity index (χ0n) is 12.0. The van der Waals surface area contributed by atoms with Gasteiger partial charge in [-0.3, -0.25) is 4.79 Å². The SMILES string of the molecule is Cc1ccc(C(=O)CC2CCCN(S(C)(=O)=O)C2)cc1. The highest BCUT2D eigenvalue weighted by atomic mass is 32.2. The first-order chi connectivity index (χ1) is 9.36. The molecule has 1 heterocycles. The lowest BCUT2D eigenvalue weighted by Gasteiger charge is -2.30. The first kappa shape index (κ1) is 15.2. The average molecular weight is 295 g/mol. The van der Waals surface area contributed by atoms with Crippen molar-refractivity contribution in [3.05, 3.63) is 35.4 Å². The van der Waals surface area contributed by atoms with Crippen LogP contribution in [-0.4, -0.2) is 37.9 Å². The lowest BCUT2D eigenvalue weighted by Crippen LogP contribution is -2.39. The van der Waals surface area contributed by atoms with E-state index in [9.17, 15) is 13.2 Å². The van der Waals surface area contributed by atoms with E-state index in [0.717, 1.165) is 18.4 Å². The summed E-state index contributed by atoms with van der Waals surface area (Å²) in [6.45, 7) is 3.03. The van der Waals surface area contributed by atoms with Gasteiger partial charge in [-0.1, -0.05) is 29.8 Å². The second kappa shape index (κ2) is 6.06. The number of rotatable bonds is 4. The predicted octanol–water partition coefficient (Wildman–Crippen LogP) is 2.24. The molecule has 1 unspecified atom stereocenters. The van der Waals surface area contributed by atoms with Crippen LogP contribution in [0.1, 0.15) is 35.2 Å². The van der Waals surface area contributed by atoms with Crippen molar-refractivity contribution in [2.45, 2.75) is 26.2 Å². The van der Waals surface area contributed by atoms with E-state index >= 15 is 0 Å². The minimum Gasteiger partial charge on any atom is -0.294 e. The molecule has 0 amide bonds. The summed E-state index contributed by atoms with van der Waals surface area (Å²) in [4.78, 5) is 12.2. The van der Waals surface area contributed by atoms with E-state index in [0.29, 0.717) is 25.1 Å². The maximum atomic E-state index is 12.2. The molecule has 20 heavy (non-hydrogen) atoms. The number of nitrogens with zero attached hydrogens (tertiary/aromatic N) is 1. The third-order valence-electron chi connectivity index (χ3n) is 3.80. The number of carbonyl (C=O) groups excluding carboxylic acids is 1. The van der Waals surface area contributed by atoms with Crippen LogP contribution in [0.25, 0.3) is 0 Å². The Bertz CT molecular complexity index is 578. The van der Waals surface area contributed by atoms with Gasteiger partial charge in [0.2, 0.25) is 10.0 Å². The monoisotopic (exact) mass is 295 g/mol. The number of ketones is 1. The van der Waals surface area contributed by atoms with Crippen LogP contribution in [0.3, 0.4) is 0 Å². The van der Waals surface area contributed by atoms with E-state index in [4.69, 9.17) is 0 Å². The smallest absolute Gasteiger partial charge is 0.211 e. The van der Waals surface area contributed by atoms with Crippen molar-refractivity contribution < 1.29 is 13.2 Å². The zero-order valence-corrected chi connectivity index (χ0v) is 12.8. The lowest BCUT2D eigenvalue weighted by molar-refractivity contribution is 0.0942. The minimum absolute atomic E-state index is 0.102. The van der Waals surface area contributed by atoms with Gasteiger partial charge in [0.1, 0.15) is 0 Å². The number of carbonyl (C=O) groups is 1. The van der Waals surface area contributed by atoms with Crippen LogP contribution >= 0.6 is 0 Å². The number of hydrogen-bond donors (Lipinski definition) is 0. The summed E-state index contributed by atoms with van der Waals surface area (Å²) in [6, 6.07) is 7.54. The van der Waals surface area contributed by atoms with Crippen LogP contribution < -0.4 is 0 Å². The fourth-order valence-corrected chi connectivity index (χ4v) is 3.56. The molecule has 5 heteroatoms. The molecule has 0 N–H and O–H groups in total. The molecule has 1 aromatic carbocycles. The van der Waals surface area contributed by atoms with E-state index in [1.807, 2.05) is 31.2 Å². The normalized spacial score (nSPS) is 20.8. The average Bonchev–Trinajstić information content (AvgIpc) is 2.38. The number of benzene rings is 1. The second-order valence-electron chi connectivity index (χ2n) is 5.62. The molecule has 0 saturated carbocycles. The number of sulfonamides is 1. The van der Waals surface area contributed by atoms with Crippen LogP contribution in [0.4, 0.5) is 0 Å². The van der Waals surface area contributed by atoms with Crippen molar-refractivity contribution in [3.8, 4) is 0 Å². The topological polar surface area (TPSA) is 54.5 Å². The molecule has 0 aromatic heterocycles. The maximum Gasteiger partial charge on any atom is 0.211 e. The van der Waals surface area contributed by atoms with Gasteiger partial charge in [-0.15, -0.1) is 0 Å². The molecule has 0 spiro atoms. The fraction of sp³-hybridized carbons (Fsp3) is 0.533. The molecule has 4 nitrogen and oxygen atoms in total. The Balaban J connectivity index is 1.99. The van der Waals surface area contributed by atoms with E-state index in [2.05, 4.69) is 0 Å². The predicted molar refractivity (Wildman–Crippen MR) is 79.3 cm³/mol. The van der Waals surface area contributed by atoms with Gasteiger partial charge in [0, 0.05) is 25.1 Å². The molecular weight excluding hydrogens is 274 g/mol. The standard InChI is InChI=1S/C15H21NO3S/c1-12-5-7-14(8-6-12)15(17)10-13-4-3-9-16(11-13)20(2,18)19/h5-8,13H,3-4,9-11H2,1-2H3. The van der Waals surface area contributed by atoms with Crippen molar-refractivity contribution in [3.63, 3.8) is 0 Å². The van der Waals surface area contributed by atoms with Gasteiger partial charge in [-0.25, -0.2) is 12.7 Å². The summed E-state index contributed by atoms with van der Waals surface area (Å²) >= 11 is 0. The molecule has 0 aliphatic carbocycles. The molecule has 1 aliphatic rings. The van der Waals surface area contributed by atoms with Gasteiger partial charge in [0.15, 0.2) is 5.78 Å². The minimum atomic E-state index is -3.14. The number of Topliss-reactive ketones (excluding diaryl/α,β-unsaturated/α-hetero) is 1. The molecule has 0 bridgehead atoms. The first-order valence-corrected chi connectivity index (χ1v) is 8.76. The van der Waals surface area contributed by atoms with Crippen molar-refractivity contribution in [2.75, 3.05) is 19.3 Å². The van der Waals surface area contributed by atoms with Gasteiger partial charge in [0.05, 0.1) is 6.26 Å². The highest BCUT2D eigenvalue weighted by molar-refractivity contribution is 7.88. The number of aryl methyl sites for hydroxylation is 1. The van der Waals surface area contributed by atoms with Gasteiger partial charge in [0.25, 0.3) is 0 Å². The molecule has 2 rings (SSSR count). The molecule has 1 saturated heterocycles. The quantitative estimate of drug-likeness (QED) is 0.801. The Kier molecular flexibility index (Phi) is 4.60. The highest BCUT2D eigenvalue weighted by Crippen LogP contribution is 2.23. The first-order valence-electron chi connectivity index (χ1n) is 6.91. The van der Waals surface area contributed by atoms with Crippen molar-refractivity contribution >= 4 is 15.8 Å². The summed E-state index contributed by atoms with van der Waals surface area (Å²) < 4.78 is 24.6. The Morgan fingerprint density at radius 3 is 2.55 bits per heavy atom. The molecular formula is C15H21NO3S. The number of hydrogen-bond acceptors (Lipinski definition) is 3. The molecule has 0 radical (unpaired) electrons. The van der Waals surface area contributed by atoms with Gasteiger partial charge < -0.3 is 0 Å². The van der Waals surface area contributed by atoms with E-state index in [1.54, 1.807) is 0 Å². The van der Waals surface area contributed by atoms with E-state index in [-0.39, 0.29) is 11.7 Å². The van der Waals surface area contributed by atoms with E-state index < -0.39 is 10.0 Å². The summed E-state index contributed by atoms with van der Waals surface area (Å²) in [6.07, 6.45) is 3.41. The van der Waals surface area contributed by atoms with Crippen LogP contribution in [-0.2, 0) is 10.0 Å². The Hall–Kier alpha value is -1.20. The lowest BCUT2D eigenvalue weighted by atomic mass is 9.92. The van der Waals surface area contributed by atoms with Crippen LogP contribution in [0.15, 0.2) is 24.3 Å². The largest absolute Gasteiger partial charge is 0.294 e. The summed E-state index contributed by atoms with van der Waals surface area (Å²) in [7, 11) is -3.14. The van der Waals surface area contributed by atoms with Crippen LogP contribution in [0.2, 0.25) is 0 Å². The summed E-state index contributed by atoms with van der Waals surface area (Å²) in [5, 5.41) is 0. The highest BCUT2D eigenvalue weighted by Gasteiger charge is 2.27. The third-order valence-corrected chi connectivity index (χ3v) is 5.07. The summed E-state index contributed by atoms with van der Waals surface area (Å²) in [5.41, 5.74) is 1.84. The molecule has 1 fully saturated rings. The van der Waals surface area contributed by atoms with Gasteiger partial charge in [-0.05, 0) is 25.7 Å². The Labute approximate surface area is 120 Å². The van der Waals surface area contributed by atoms with Gasteiger partial charge in [-0.2, -0.15) is 0 Å². The fourth-order valence-electron chi connectivity index (χ4n) is 2.61. The van der Waals surface area contributed by atoms with Crippen molar-refractivity contribution in [1.29, 1.82) is 0 Å². The number of piperidine rings is 1. The van der Waals surface area contributed by atoms with Crippen LogP contribution in [0.5, 0.6) is 0 Å². The van der Waals surface area contributed by atoms with Gasteiger partial charge >= 0.3 is 0 Å². The maximum absolute atomic E-state index is 12.2. The molecule has 1 atom stereocenters. The van der Waals surface area contributed by atoms with Crippen molar-refractivity contribution in [1.82, 2.24) is 4.31 Å². The molecule has 110 valence electrons. The second-order valence-corrected chi connectivity index (χ2v) is 7.61. The van der Waals surface area contributed by atoms with Crippen LogP contribution in [0, 0.1) is 12.8 Å². The summed E-state index contributed by atoms with van der Waals surface area (Å²) in [5.74, 6) is 0.234. The van der Waals surface area contributed by atoms with E-state index in [1.165, 1.54) is 10.6 Å². The Morgan fingerprint density at radius 2 is 1.95 bits per heavy atom. The molecule has 1 aromatic rings. The van der Waals surface area contributed by atoms with Crippen molar-refractivity contribution in [2.24, 2.45) is 5.92 Å². The Morgan fingerprint density at radius 1 is 1.30 bits per heavy atom.